The van der Waals surface area contributed by atoms with Gasteiger partial charge in [0.2, 0.25) is 10.0 Å². The van der Waals surface area contributed by atoms with Crippen molar-refractivity contribution in [2.24, 2.45) is 5.92 Å². The monoisotopic (exact) mass is 296 g/mol. The molecule has 5 heteroatoms. The molecule has 0 bridgehead atoms. The second-order valence-electron chi connectivity index (χ2n) is 5.38. The van der Waals surface area contributed by atoms with Crippen molar-refractivity contribution in [3.63, 3.8) is 0 Å². The Hall–Kier alpha value is -1.07. The minimum Gasteiger partial charge on any atom is -0.387 e. The van der Waals surface area contributed by atoms with Crippen molar-refractivity contribution in [1.82, 2.24) is 4.31 Å². The number of sulfonamides is 1. The Morgan fingerprint density at radius 2 is 1.90 bits per heavy atom. The number of para-hydroxylation sites is 1. The van der Waals surface area contributed by atoms with Gasteiger partial charge in [-0.1, -0.05) is 31.9 Å². The lowest BCUT2D eigenvalue weighted by atomic mass is 9.94. The topological polar surface area (TPSA) is 49.4 Å². The summed E-state index contributed by atoms with van der Waals surface area (Å²) in [6.07, 6.45) is 4.35. The third-order valence-electron chi connectivity index (χ3n) is 4.04. The summed E-state index contributed by atoms with van der Waals surface area (Å²) in [7, 11) is -1.62. The predicted octanol–water partition coefficient (Wildman–Crippen LogP) is 2.93. The SMILES string of the molecule is CCCC1CCN(S(=O)(=O)c2ccccc2NC)CC1. The lowest BCUT2D eigenvalue weighted by molar-refractivity contribution is 0.262. The highest BCUT2D eigenvalue weighted by Gasteiger charge is 2.30. The van der Waals surface area contributed by atoms with E-state index in [0.29, 0.717) is 29.6 Å². The van der Waals surface area contributed by atoms with Crippen molar-refractivity contribution in [3.8, 4) is 0 Å². The summed E-state index contributed by atoms with van der Waals surface area (Å²) < 4.78 is 27.1. The lowest BCUT2D eigenvalue weighted by Crippen LogP contribution is -2.38. The molecule has 1 heterocycles. The van der Waals surface area contributed by atoms with Gasteiger partial charge < -0.3 is 5.32 Å². The molecule has 4 nitrogen and oxygen atoms in total. The van der Waals surface area contributed by atoms with Gasteiger partial charge in [0.05, 0.1) is 5.69 Å². The van der Waals surface area contributed by atoms with Gasteiger partial charge in [0.15, 0.2) is 0 Å². The van der Waals surface area contributed by atoms with E-state index in [1.54, 1.807) is 29.6 Å². The number of nitrogens with zero attached hydrogens (tertiary/aromatic N) is 1. The first kappa shape index (κ1) is 15.3. The largest absolute Gasteiger partial charge is 0.387 e. The zero-order valence-electron chi connectivity index (χ0n) is 12.3. The average molecular weight is 296 g/mol. The Bertz CT molecular complexity index is 535. The Morgan fingerprint density at radius 1 is 1.25 bits per heavy atom. The molecular weight excluding hydrogens is 272 g/mol. The molecule has 20 heavy (non-hydrogen) atoms. The normalized spacial score (nSPS) is 18.1. The van der Waals surface area contributed by atoms with Gasteiger partial charge in [0.1, 0.15) is 4.90 Å². The average Bonchev–Trinajstić information content (AvgIpc) is 2.48. The molecule has 2 rings (SSSR count). The number of piperidine rings is 1. The number of anilines is 1. The Morgan fingerprint density at radius 3 is 2.50 bits per heavy atom. The fourth-order valence-electron chi connectivity index (χ4n) is 2.88. The highest BCUT2D eigenvalue weighted by Crippen LogP contribution is 2.29. The highest BCUT2D eigenvalue weighted by atomic mass is 32.2. The van der Waals surface area contributed by atoms with Gasteiger partial charge in [-0.2, -0.15) is 4.31 Å². The summed E-state index contributed by atoms with van der Waals surface area (Å²) in [6, 6.07) is 7.10. The summed E-state index contributed by atoms with van der Waals surface area (Å²) in [4.78, 5) is 0.386. The van der Waals surface area contributed by atoms with E-state index in [0.717, 1.165) is 12.8 Å². The third-order valence-corrected chi connectivity index (χ3v) is 6.00. The van der Waals surface area contributed by atoms with Crippen LogP contribution in [0.25, 0.3) is 0 Å². The first-order valence-electron chi connectivity index (χ1n) is 7.36. The van der Waals surface area contributed by atoms with Crippen LogP contribution >= 0.6 is 0 Å². The Balaban J connectivity index is 2.16. The molecule has 0 aliphatic carbocycles. The molecule has 0 radical (unpaired) electrons. The molecule has 1 aromatic rings. The second kappa shape index (κ2) is 6.59. The molecule has 112 valence electrons. The standard InChI is InChI=1S/C15H24N2O2S/c1-3-6-13-9-11-17(12-10-13)20(18,19)15-8-5-4-7-14(15)16-2/h4-5,7-8,13,16H,3,6,9-12H2,1-2H3. The smallest absolute Gasteiger partial charge is 0.245 e. The van der Waals surface area contributed by atoms with E-state index >= 15 is 0 Å². The van der Waals surface area contributed by atoms with Gasteiger partial charge in [-0.25, -0.2) is 8.42 Å². The van der Waals surface area contributed by atoms with Crippen LogP contribution in [0, 0.1) is 5.92 Å². The van der Waals surface area contributed by atoms with Crippen LogP contribution in [0.4, 0.5) is 5.69 Å². The second-order valence-corrected chi connectivity index (χ2v) is 7.29. The van der Waals surface area contributed by atoms with Crippen LogP contribution in [0.15, 0.2) is 29.2 Å². The number of nitrogens with one attached hydrogen (secondary N) is 1. The molecule has 1 N–H and O–H groups in total. The molecule has 1 fully saturated rings. The fraction of sp³-hybridized carbons (Fsp3) is 0.600. The van der Waals surface area contributed by atoms with Gasteiger partial charge in [0, 0.05) is 20.1 Å². The van der Waals surface area contributed by atoms with E-state index in [2.05, 4.69) is 12.2 Å². The summed E-state index contributed by atoms with van der Waals surface area (Å²) >= 11 is 0. The lowest BCUT2D eigenvalue weighted by Gasteiger charge is -2.31. The number of hydrogen-bond donors (Lipinski definition) is 1. The van der Waals surface area contributed by atoms with Gasteiger partial charge in [-0.15, -0.1) is 0 Å². The highest BCUT2D eigenvalue weighted by molar-refractivity contribution is 7.89. The van der Waals surface area contributed by atoms with Crippen molar-refractivity contribution in [3.05, 3.63) is 24.3 Å². The molecule has 1 aliphatic rings. The fourth-order valence-corrected chi connectivity index (χ4v) is 4.55. The van der Waals surface area contributed by atoms with Crippen LogP contribution in [-0.2, 0) is 10.0 Å². The van der Waals surface area contributed by atoms with Crippen LogP contribution in [0.3, 0.4) is 0 Å². The Kier molecular flexibility index (Phi) is 5.05. The van der Waals surface area contributed by atoms with E-state index in [-0.39, 0.29) is 0 Å². The zero-order chi connectivity index (χ0) is 14.6. The number of benzene rings is 1. The van der Waals surface area contributed by atoms with Crippen LogP contribution in [-0.4, -0.2) is 32.9 Å². The van der Waals surface area contributed by atoms with Crippen LogP contribution in [0.1, 0.15) is 32.6 Å². The first-order chi connectivity index (χ1) is 9.59. The van der Waals surface area contributed by atoms with Crippen LogP contribution in [0.5, 0.6) is 0 Å². The molecule has 0 amide bonds. The van der Waals surface area contributed by atoms with E-state index in [1.165, 1.54) is 12.8 Å². The summed E-state index contributed by atoms with van der Waals surface area (Å²) in [5.41, 5.74) is 0.670. The molecule has 1 aromatic carbocycles. The molecule has 0 spiro atoms. The molecule has 1 aliphatic heterocycles. The molecule has 0 unspecified atom stereocenters. The molecule has 0 saturated carbocycles. The maximum atomic E-state index is 12.7. The van der Waals surface area contributed by atoms with E-state index in [9.17, 15) is 8.42 Å². The van der Waals surface area contributed by atoms with Crippen LogP contribution < -0.4 is 5.32 Å². The zero-order valence-corrected chi connectivity index (χ0v) is 13.1. The number of hydrogen-bond acceptors (Lipinski definition) is 3. The quantitative estimate of drug-likeness (QED) is 0.909. The van der Waals surface area contributed by atoms with E-state index in [1.807, 2.05) is 6.07 Å². The number of rotatable bonds is 5. The summed E-state index contributed by atoms with van der Waals surface area (Å²) in [6.45, 7) is 3.47. The van der Waals surface area contributed by atoms with Crippen LogP contribution in [0.2, 0.25) is 0 Å². The van der Waals surface area contributed by atoms with Crippen molar-refractivity contribution in [1.29, 1.82) is 0 Å². The maximum absolute atomic E-state index is 12.7. The third kappa shape index (κ3) is 3.15. The van der Waals surface area contributed by atoms with Gasteiger partial charge in [-0.05, 0) is 30.9 Å². The minimum absolute atomic E-state index is 0.386. The maximum Gasteiger partial charge on any atom is 0.245 e. The molecule has 1 saturated heterocycles. The van der Waals surface area contributed by atoms with Crippen molar-refractivity contribution in [2.45, 2.75) is 37.5 Å². The van der Waals surface area contributed by atoms with E-state index in [4.69, 9.17) is 0 Å². The van der Waals surface area contributed by atoms with Gasteiger partial charge in [-0.3, -0.25) is 0 Å². The van der Waals surface area contributed by atoms with E-state index < -0.39 is 10.0 Å². The van der Waals surface area contributed by atoms with Crippen molar-refractivity contribution >= 4 is 15.7 Å². The first-order valence-corrected chi connectivity index (χ1v) is 8.80. The summed E-state index contributed by atoms with van der Waals surface area (Å²) in [5.74, 6) is 0.686. The van der Waals surface area contributed by atoms with Gasteiger partial charge in [0.25, 0.3) is 0 Å². The summed E-state index contributed by atoms with van der Waals surface area (Å²) in [5, 5.41) is 2.96. The Labute approximate surface area is 122 Å². The molecule has 0 aromatic heterocycles. The molecular formula is C15H24N2O2S. The van der Waals surface area contributed by atoms with Crippen molar-refractivity contribution in [2.75, 3.05) is 25.5 Å². The predicted molar refractivity (Wildman–Crippen MR) is 82.4 cm³/mol. The molecule has 0 atom stereocenters. The van der Waals surface area contributed by atoms with Crippen molar-refractivity contribution < 1.29 is 8.42 Å². The van der Waals surface area contributed by atoms with Gasteiger partial charge >= 0.3 is 0 Å². The minimum atomic E-state index is -3.37.